The van der Waals surface area contributed by atoms with Crippen LogP contribution in [0, 0.1) is 37.3 Å². The molecule has 0 spiro atoms. The minimum atomic E-state index is -0.877. The van der Waals surface area contributed by atoms with Gasteiger partial charge in [0.1, 0.15) is 0 Å². The number of hydrogen-bond donors (Lipinski definition) is 1. The van der Waals surface area contributed by atoms with E-state index >= 15 is 0 Å². The van der Waals surface area contributed by atoms with Gasteiger partial charge >= 0.3 is 11.4 Å². The van der Waals surface area contributed by atoms with Crippen LogP contribution in [-0.4, -0.2) is 27.8 Å². The summed E-state index contributed by atoms with van der Waals surface area (Å²) in [6, 6.07) is 5.44. The predicted octanol–water partition coefficient (Wildman–Crippen LogP) is 2.98. The van der Waals surface area contributed by atoms with Gasteiger partial charge in [-0.25, -0.2) is 0 Å². The number of rotatable bonds is 6. The standard InChI is InChI=1S/C15H12N4O8/c1-8-5-9(3-4-11(8)17(21)22)15(20)16-10-6-12(18(23)24)14(27-2)13(7-10)19(25)26/h3-7H,1-2H3,(H,16,20). The van der Waals surface area contributed by atoms with Crippen molar-refractivity contribution >= 4 is 28.7 Å². The van der Waals surface area contributed by atoms with Crippen molar-refractivity contribution in [2.45, 2.75) is 6.92 Å². The highest BCUT2D eigenvalue weighted by Crippen LogP contribution is 2.39. The zero-order chi connectivity index (χ0) is 20.3. The number of benzene rings is 2. The summed E-state index contributed by atoms with van der Waals surface area (Å²) < 4.78 is 4.74. The smallest absolute Gasteiger partial charge is 0.320 e. The maximum absolute atomic E-state index is 12.3. The van der Waals surface area contributed by atoms with Crippen LogP contribution in [-0.2, 0) is 0 Å². The molecule has 0 saturated heterocycles. The molecule has 0 unspecified atom stereocenters. The van der Waals surface area contributed by atoms with Crippen molar-refractivity contribution in [2.24, 2.45) is 0 Å². The quantitative estimate of drug-likeness (QED) is 0.592. The molecule has 0 fully saturated rings. The number of hydrogen-bond acceptors (Lipinski definition) is 8. The first-order valence-corrected chi connectivity index (χ1v) is 7.23. The molecule has 0 aliphatic rings. The lowest BCUT2D eigenvalue weighted by Crippen LogP contribution is -2.13. The second-order valence-electron chi connectivity index (χ2n) is 5.27. The highest BCUT2D eigenvalue weighted by Gasteiger charge is 2.28. The Kier molecular flexibility index (Phi) is 5.29. The average Bonchev–Trinajstić information content (AvgIpc) is 2.60. The summed E-state index contributed by atoms with van der Waals surface area (Å²) in [6.07, 6.45) is 0. The summed E-state index contributed by atoms with van der Waals surface area (Å²) in [6.45, 7) is 1.44. The Labute approximate surface area is 150 Å². The molecule has 0 saturated carbocycles. The number of methoxy groups -OCH3 is 1. The first kappa shape index (κ1) is 19.2. The van der Waals surface area contributed by atoms with Crippen molar-refractivity contribution in [2.75, 3.05) is 12.4 Å². The third kappa shape index (κ3) is 3.95. The molecule has 2 aromatic rings. The van der Waals surface area contributed by atoms with E-state index < -0.39 is 37.8 Å². The Bertz CT molecular complexity index is 937. The molecule has 2 aromatic carbocycles. The largest absolute Gasteiger partial charge is 0.485 e. The minimum Gasteiger partial charge on any atom is -0.485 e. The predicted molar refractivity (Wildman–Crippen MR) is 92.1 cm³/mol. The van der Waals surface area contributed by atoms with Crippen LogP contribution >= 0.6 is 0 Å². The molecule has 0 atom stereocenters. The second-order valence-corrected chi connectivity index (χ2v) is 5.27. The molecular formula is C15H12N4O8. The Morgan fingerprint density at radius 1 is 0.926 bits per heavy atom. The molecule has 0 bridgehead atoms. The zero-order valence-electron chi connectivity index (χ0n) is 14.0. The normalized spacial score (nSPS) is 10.1. The van der Waals surface area contributed by atoms with Crippen LogP contribution < -0.4 is 10.1 Å². The van der Waals surface area contributed by atoms with Crippen molar-refractivity contribution in [3.8, 4) is 5.75 Å². The molecule has 12 heteroatoms. The molecule has 1 amide bonds. The summed E-state index contributed by atoms with van der Waals surface area (Å²) in [5, 5.41) is 35.4. The van der Waals surface area contributed by atoms with E-state index in [1.165, 1.54) is 19.1 Å². The Morgan fingerprint density at radius 2 is 1.44 bits per heavy atom. The van der Waals surface area contributed by atoms with E-state index in [9.17, 15) is 35.1 Å². The number of carbonyl (C=O) groups excluding carboxylic acids is 1. The molecule has 140 valence electrons. The maximum atomic E-state index is 12.3. The van der Waals surface area contributed by atoms with E-state index in [1.54, 1.807) is 0 Å². The summed E-state index contributed by atoms with van der Waals surface area (Å²) in [5.74, 6) is -1.30. The van der Waals surface area contributed by atoms with Crippen molar-refractivity contribution < 1.29 is 24.3 Å². The summed E-state index contributed by atoms with van der Waals surface area (Å²) in [7, 11) is 1.05. The average molecular weight is 376 g/mol. The number of ether oxygens (including phenoxy) is 1. The van der Waals surface area contributed by atoms with Gasteiger partial charge in [-0.05, 0) is 19.1 Å². The number of amides is 1. The molecule has 2 rings (SSSR count). The molecule has 0 aliphatic carbocycles. The summed E-state index contributed by atoms with van der Waals surface area (Å²) in [5.41, 5.74) is -1.49. The van der Waals surface area contributed by atoms with Crippen molar-refractivity contribution in [3.05, 3.63) is 71.8 Å². The van der Waals surface area contributed by atoms with E-state index in [-0.39, 0.29) is 22.5 Å². The number of nitro groups is 3. The molecule has 0 radical (unpaired) electrons. The third-order valence-corrected chi connectivity index (χ3v) is 3.56. The van der Waals surface area contributed by atoms with Crippen LogP contribution in [0.2, 0.25) is 0 Å². The van der Waals surface area contributed by atoms with Gasteiger partial charge in [0.05, 0.1) is 27.6 Å². The Hall–Kier alpha value is -4.09. The highest BCUT2D eigenvalue weighted by atomic mass is 16.6. The molecular weight excluding hydrogens is 364 g/mol. The number of nitro benzene ring substituents is 3. The lowest BCUT2D eigenvalue weighted by atomic mass is 10.1. The lowest BCUT2D eigenvalue weighted by molar-refractivity contribution is -0.395. The SMILES string of the molecule is COc1c([N+](=O)[O-])cc(NC(=O)c2ccc([N+](=O)[O-])c(C)c2)cc1[N+](=O)[O-]. The second kappa shape index (κ2) is 7.43. The molecule has 27 heavy (non-hydrogen) atoms. The van der Waals surface area contributed by atoms with Crippen LogP contribution in [0.3, 0.4) is 0 Å². The summed E-state index contributed by atoms with van der Waals surface area (Å²) in [4.78, 5) is 43.0. The molecule has 0 aliphatic heterocycles. The van der Waals surface area contributed by atoms with Gasteiger partial charge in [-0.1, -0.05) is 0 Å². The fraction of sp³-hybridized carbons (Fsp3) is 0.133. The number of carbonyl (C=O) groups is 1. The lowest BCUT2D eigenvalue weighted by Gasteiger charge is -2.08. The van der Waals surface area contributed by atoms with Gasteiger partial charge in [0.2, 0.25) is 0 Å². The number of aryl methyl sites for hydroxylation is 1. The molecule has 0 heterocycles. The van der Waals surface area contributed by atoms with Crippen LogP contribution in [0.1, 0.15) is 15.9 Å². The van der Waals surface area contributed by atoms with Gasteiger partial charge in [-0.15, -0.1) is 0 Å². The van der Waals surface area contributed by atoms with E-state index in [2.05, 4.69) is 5.32 Å². The van der Waals surface area contributed by atoms with Crippen molar-refractivity contribution in [1.29, 1.82) is 0 Å². The van der Waals surface area contributed by atoms with E-state index in [4.69, 9.17) is 4.74 Å². The molecule has 0 aromatic heterocycles. The highest BCUT2D eigenvalue weighted by molar-refractivity contribution is 6.05. The summed E-state index contributed by atoms with van der Waals surface area (Å²) >= 11 is 0. The van der Waals surface area contributed by atoms with E-state index in [0.717, 1.165) is 25.3 Å². The number of anilines is 1. The van der Waals surface area contributed by atoms with Gasteiger partial charge < -0.3 is 10.1 Å². The first-order valence-electron chi connectivity index (χ1n) is 7.23. The van der Waals surface area contributed by atoms with Crippen molar-refractivity contribution in [3.63, 3.8) is 0 Å². The molecule has 1 N–H and O–H groups in total. The Morgan fingerprint density at radius 3 is 1.85 bits per heavy atom. The fourth-order valence-corrected chi connectivity index (χ4v) is 2.36. The van der Waals surface area contributed by atoms with Gasteiger partial charge in [-0.2, -0.15) is 0 Å². The van der Waals surface area contributed by atoms with Crippen LogP contribution in [0.25, 0.3) is 0 Å². The monoisotopic (exact) mass is 376 g/mol. The maximum Gasteiger partial charge on any atom is 0.320 e. The van der Waals surface area contributed by atoms with Crippen LogP contribution in [0.5, 0.6) is 5.75 Å². The molecule has 12 nitrogen and oxygen atoms in total. The number of nitrogens with one attached hydrogen (secondary N) is 1. The van der Waals surface area contributed by atoms with Crippen molar-refractivity contribution in [1.82, 2.24) is 0 Å². The number of nitrogens with zero attached hydrogens (tertiary/aromatic N) is 3. The van der Waals surface area contributed by atoms with Crippen LogP contribution in [0.15, 0.2) is 30.3 Å². The third-order valence-electron chi connectivity index (χ3n) is 3.56. The van der Waals surface area contributed by atoms with E-state index in [0.29, 0.717) is 0 Å². The first-order chi connectivity index (χ1) is 12.6. The van der Waals surface area contributed by atoms with Gasteiger partial charge in [0.25, 0.3) is 17.3 Å². The van der Waals surface area contributed by atoms with Crippen LogP contribution in [0.4, 0.5) is 22.7 Å². The van der Waals surface area contributed by atoms with Gasteiger partial charge in [0, 0.05) is 29.3 Å². The van der Waals surface area contributed by atoms with E-state index in [1.807, 2.05) is 0 Å². The van der Waals surface area contributed by atoms with Gasteiger partial charge in [-0.3, -0.25) is 35.1 Å². The topological polar surface area (TPSA) is 168 Å². The Balaban J connectivity index is 2.43. The minimum absolute atomic E-state index is 0.0409. The zero-order valence-corrected chi connectivity index (χ0v) is 14.0. The fourth-order valence-electron chi connectivity index (χ4n) is 2.36. The van der Waals surface area contributed by atoms with Gasteiger partial charge in [0.15, 0.2) is 0 Å².